The number of hydrogen-bond donors (Lipinski definition) is 2. The van der Waals surface area contributed by atoms with Gasteiger partial charge < -0.3 is 10.6 Å². The molecule has 0 aromatic carbocycles. The average molecular weight is 376 g/mol. The molecule has 4 nitrogen and oxygen atoms in total. The number of nitrogens with one attached hydrogen (secondary N) is 2. The third-order valence-corrected chi connectivity index (χ3v) is 5.57. The summed E-state index contributed by atoms with van der Waals surface area (Å²) < 4.78 is 38.8. The lowest BCUT2D eigenvalue weighted by Gasteiger charge is -2.31. The largest absolute Gasteiger partial charge is 0.391 e. The fourth-order valence-corrected chi connectivity index (χ4v) is 3.87. The van der Waals surface area contributed by atoms with E-state index in [-0.39, 0.29) is 18.9 Å². The maximum absolute atomic E-state index is 12.9. The Balaban J connectivity index is 1.88. The number of aliphatic imine (C=N–C) groups is 1. The van der Waals surface area contributed by atoms with Crippen molar-refractivity contribution in [1.29, 1.82) is 0 Å². The van der Waals surface area contributed by atoms with Crippen LogP contribution in [0.3, 0.4) is 0 Å². The fourth-order valence-electron chi connectivity index (χ4n) is 3.02. The van der Waals surface area contributed by atoms with E-state index in [9.17, 15) is 13.2 Å². The van der Waals surface area contributed by atoms with E-state index in [4.69, 9.17) is 0 Å². The van der Waals surface area contributed by atoms with Crippen molar-refractivity contribution in [3.8, 4) is 0 Å². The van der Waals surface area contributed by atoms with Crippen LogP contribution in [0.4, 0.5) is 13.2 Å². The molecule has 1 aromatic heterocycles. The van der Waals surface area contributed by atoms with Gasteiger partial charge in [-0.15, -0.1) is 11.3 Å². The van der Waals surface area contributed by atoms with E-state index in [1.165, 1.54) is 4.88 Å². The van der Waals surface area contributed by atoms with Crippen molar-refractivity contribution in [1.82, 2.24) is 15.6 Å². The average Bonchev–Trinajstić information content (AvgIpc) is 3.02. The van der Waals surface area contributed by atoms with Crippen LogP contribution in [0.2, 0.25) is 0 Å². The third-order valence-electron chi connectivity index (χ3n) is 4.37. The van der Waals surface area contributed by atoms with Crippen molar-refractivity contribution in [2.45, 2.75) is 64.6 Å². The van der Waals surface area contributed by atoms with E-state index in [0.29, 0.717) is 25.5 Å². The Bertz CT molecular complexity index is 556. The Morgan fingerprint density at radius 2 is 2.16 bits per heavy atom. The summed E-state index contributed by atoms with van der Waals surface area (Å²) in [7, 11) is 0. The van der Waals surface area contributed by atoms with Gasteiger partial charge >= 0.3 is 6.18 Å². The van der Waals surface area contributed by atoms with E-state index in [0.717, 1.165) is 24.3 Å². The van der Waals surface area contributed by atoms with Crippen LogP contribution in [0.25, 0.3) is 0 Å². The number of aromatic nitrogens is 1. The number of thiazole rings is 1. The molecular formula is C17H27F3N4S. The lowest BCUT2D eigenvalue weighted by atomic mass is 9.85. The molecule has 1 aliphatic rings. The number of rotatable bonds is 6. The van der Waals surface area contributed by atoms with Gasteiger partial charge in [0.1, 0.15) is 0 Å². The predicted molar refractivity (Wildman–Crippen MR) is 96.1 cm³/mol. The highest BCUT2D eigenvalue weighted by molar-refractivity contribution is 7.11. The molecule has 25 heavy (non-hydrogen) atoms. The summed E-state index contributed by atoms with van der Waals surface area (Å²) in [6.07, 6.45) is 1.23. The molecule has 2 atom stereocenters. The molecule has 0 aliphatic heterocycles. The van der Waals surface area contributed by atoms with Crippen LogP contribution in [0.1, 0.15) is 49.4 Å². The van der Waals surface area contributed by atoms with Crippen molar-refractivity contribution >= 4 is 17.3 Å². The fraction of sp³-hybridized carbons (Fsp3) is 0.765. The number of hydrogen-bond acceptors (Lipinski definition) is 3. The van der Waals surface area contributed by atoms with Gasteiger partial charge in [0.15, 0.2) is 5.96 Å². The molecule has 2 unspecified atom stereocenters. The molecule has 2 rings (SSSR count). The van der Waals surface area contributed by atoms with Gasteiger partial charge in [0.05, 0.1) is 10.9 Å². The lowest BCUT2D eigenvalue weighted by Crippen LogP contribution is -2.46. The van der Waals surface area contributed by atoms with Crippen LogP contribution in [-0.4, -0.2) is 36.3 Å². The second-order valence-corrected chi connectivity index (χ2v) is 7.53. The molecule has 1 fully saturated rings. The summed E-state index contributed by atoms with van der Waals surface area (Å²) in [6.45, 7) is 5.30. The van der Waals surface area contributed by atoms with E-state index < -0.39 is 12.1 Å². The Hall–Kier alpha value is -1.31. The van der Waals surface area contributed by atoms with Crippen molar-refractivity contribution in [3.05, 3.63) is 16.1 Å². The second-order valence-electron chi connectivity index (χ2n) is 6.33. The minimum atomic E-state index is -4.10. The first kappa shape index (κ1) is 20.0. The topological polar surface area (TPSA) is 49.3 Å². The molecule has 142 valence electrons. The van der Waals surface area contributed by atoms with Crippen LogP contribution >= 0.6 is 11.3 Å². The molecule has 1 heterocycles. The number of halogens is 3. The van der Waals surface area contributed by atoms with Crippen LogP contribution in [0.15, 0.2) is 11.2 Å². The second kappa shape index (κ2) is 9.40. The van der Waals surface area contributed by atoms with Crippen LogP contribution in [0.5, 0.6) is 0 Å². The monoisotopic (exact) mass is 376 g/mol. The summed E-state index contributed by atoms with van der Waals surface area (Å²) in [4.78, 5) is 10.1. The van der Waals surface area contributed by atoms with Crippen molar-refractivity contribution < 1.29 is 13.2 Å². The van der Waals surface area contributed by atoms with E-state index in [1.807, 2.05) is 13.1 Å². The molecular weight excluding hydrogens is 349 g/mol. The molecule has 0 amide bonds. The van der Waals surface area contributed by atoms with Crippen molar-refractivity contribution in [2.24, 2.45) is 10.9 Å². The molecule has 1 aromatic rings. The van der Waals surface area contributed by atoms with Gasteiger partial charge in [-0.1, -0.05) is 13.3 Å². The zero-order valence-electron chi connectivity index (χ0n) is 14.8. The van der Waals surface area contributed by atoms with E-state index >= 15 is 0 Å². The van der Waals surface area contributed by atoms with Crippen molar-refractivity contribution in [3.63, 3.8) is 0 Å². The summed E-state index contributed by atoms with van der Waals surface area (Å²) in [5, 5.41) is 7.36. The summed E-state index contributed by atoms with van der Waals surface area (Å²) >= 11 is 1.69. The van der Waals surface area contributed by atoms with Crippen LogP contribution in [0, 0.1) is 5.92 Å². The zero-order valence-corrected chi connectivity index (χ0v) is 15.6. The van der Waals surface area contributed by atoms with Gasteiger partial charge in [-0.05, 0) is 32.6 Å². The zero-order chi connectivity index (χ0) is 18.3. The summed E-state index contributed by atoms with van der Waals surface area (Å²) in [5.74, 6) is -0.605. The first-order chi connectivity index (χ1) is 11.9. The van der Waals surface area contributed by atoms with Gasteiger partial charge in [-0.3, -0.25) is 4.99 Å². The minimum Gasteiger partial charge on any atom is -0.357 e. The molecule has 0 radical (unpaired) electrons. The number of guanidine groups is 1. The van der Waals surface area contributed by atoms with Gasteiger partial charge in [0.2, 0.25) is 0 Å². The highest BCUT2D eigenvalue weighted by Gasteiger charge is 2.42. The first-order valence-electron chi connectivity index (χ1n) is 8.97. The Morgan fingerprint density at radius 3 is 2.80 bits per heavy atom. The summed E-state index contributed by atoms with van der Waals surface area (Å²) in [5.41, 5.74) is 0. The van der Waals surface area contributed by atoms with Gasteiger partial charge in [-0.25, -0.2) is 4.98 Å². The normalized spacial score (nSPS) is 22.0. The quantitative estimate of drug-likeness (QED) is 0.584. The standard InChI is InChI=1S/C17H27F3N4S/c1-3-14-11-23-15(25-14)8-9-22-16(21-4-2)24-13-7-5-6-12(10-13)17(18,19)20/h11-13H,3-10H2,1-2H3,(H2,21,22,24). The Labute approximate surface area is 151 Å². The van der Waals surface area contributed by atoms with Gasteiger partial charge in [0, 0.05) is 36.6 Å². The molecule has 0 spiro atoms. The van der Waals surface area contributed by atoms with E-state index in [2.05, 4.69) is 27.5 Å². The maximum Gasteiger partial charge on any atom is 0.391 e. The lowest BCUT2D eigenvalue weighted by molar-refractivity contribution is -0.183. The molecule has 0 saturated heterocycles. The smallest absolute Gasteiger partial charge is 0.357 e. The molecule has 8 heteroatoms. The van der Waals surface area contributed by atoms with E-state index in [1.54, 1.807) is 11.3 Å². The molecule has 1 saturated carbocycles. The Morgan fingerprint density at radius 1 is 1.36 bits per heavy atom. The maximum atomic E-state index is 12.9. The number of aryl methyl sites for hydroxylation is 1. The van der Waals surface area contributed by atoms with Crippen LogP contribution < -0.4 is 10.6 Å². The summed E-state index contributed by atoms with van der Waals surface area (Å²) in [6, 6.07) is -0.176. The van der Waals surface area contributed by atoms with Crippen LogP contribution in [-0.2, 0) is 12.8 Å². The molecule has 2 N–H and O–H groups in total. The predicted octanol–water partition coefficient (Wildman–Crippen LogP) is 3.92. The highest BCUT2D eigenvalue weighted by Crippen LogP contribution is 2.37. The van der Waals surface area contributed by atoms with Crippen molar-refractivity contribution in [2.75, 3.05) is 13.1 Å². The third kappa shape index (κ3) is 6.49. The Kier molecular flexibility index (Phi) is 7.53. The molecule has 0 bridgehead atoms. The van der Waals surface area contributed by atoms with Gasteiger partial charge in [0.25, 0.3) is 0 Å². The minimum absolute atomic E-state index is 0.125. The molecule has 1 aliphatic carbocycles. The first-order valence-corrected chi connectivity index (χ1v) is 9.79. The SMILES string of the molecule is CCNC(=NCCc1ncc(CC)s1)NC1CCCC(C(F)(F)F)C1. The number of alkyl halides is 3. The van der Waals surface area contributed by atoms with Gasteiger partial charge in [-0.2, -0.15) is 13.2 Å². The highest BCUT2D eigenvalue weighted by atomic mass is 32.1. The number of nitrogens with zero attached hydrogens (tertiary/aromatic N) is 2.